The third-order valence-electron chi connectivity index (χ3n) is 2.05. The molecule has 1 unspecified atom stereocenters. The van der Waals surface area contributed by atoms with Gasteiger partial charge in [-0.15, -0.1) is 0 Å². The molecule has 0 saturated heterocycles. The van der Waals surface area contributed by atoms with Gasteiger partial charge in [0.1, 0.15) is 0 Å². The summed E-state index contributed by atoms with van der Waals surface area (Å²) in [6.45, 7) is 4.47. The Kier molecular flexibility index (Phi) is 1.11. The third kappa shape index (κ3) is 0.933. The van der Waals surface area contributed by atoms with E-state index in [2.05, 4.69) is 26.5 Å². The van der Waals surface area contributed by atoms with Crippen molar-refractivity contribution >= 4 is 12.6 Å². The van der Waals surface area contributed by atoms with Crippen LogP contribution in [0.4, 0.5) is 0 Å². The lowest BCUT2D eigenvalue weighted by Gasteiger charge is -2.09. The van der Waals surface area contributed by atoms with Crippen LogP contribution in [0, 0.1) is 5.41 Å². The van der Waals surface area contributed by atoms with E-state index in [0.29, 0.717) is 10.7 Å². The Balaban J connectivity index is 2.39. The SMILES string of the molecule is CC(S)C1(C)CC1. The summed E-state index contributed by atoms with van der Waals surface area (Å²) >= 11 is 4.34. The predicted octanol–water partition coefficient (Wildman–Crippen LogP) is 2.10. The molecule has 1 heteroatoms. The maximum atomic E-state index is 4.34. The average Bonchev–Trinajstić information content (AvgIpc) is 2.21. The second-order valence-corrected chi connectivity index (χ2v) is 3.60. The number of hydrogen-bond acceptors (Lipinski definition) is 1. The zero-order chi connectivity index (χ0) is 5.49. The lowest BCUT2D eigenvalue weighted by molar-refractivity contribution is 0.570. The van der Waals surface area contributed by atoms with E-state index >= 15 is 0 Å². The van der Waals surface area contributed by atoms with Crippen LogP contribution in [-0.4, -0.2) is 5.25 Å². The molecule has 1 atom stereocenters. The van der Waals surface area contributed by atoms with Gasteiger partial charge in [-0.1, -0.05) is 13.8 Å². The van der Waals surface area contributed by atoms with Crippen molar-refractivity contribution in [2.45, 2.75) is 31.9 Å². The minimum Gasteiger partial charge on any atom is -0.176 e. The van der Waals surface area contributed by atoms with Crippen molar-refractivity contribution in [1.82, 2.24) is 0 Å². The molecule has 0 nitrogen and oxygen atoms in total. The quantitative estimate of drug-likeness (QED) is 0.498. The van der Waals surface area contributed by atoms with E-state index in [0.717, 1.165) is 0 Å². The monoisotopic (exact) mass is 116 g/mol. The van der Waals surface area contributed by atoms with Crippen LogP contribution in [0.15, 0.2) is 0 Å². The van der Waals surface area contributed by atoms with Gasteiger partial charge in [0.2, 0.25) is 0 Å². The van der Waals surface area contributed by atoms with Gasteiger partial charge in [0.25, 0.3) is 0 Å². The number of thiol groups is 1. The van der Waals surface area contributed by atoms with Crippen molar-refractivity contribution in [3.05, 3.63) is 0 Å². The largest absolute Gasteiger partial charge is 0.176 e. The van der Waals surface area contributed by atoms with Gasteiger partial charge in [0.15, 0.2) is 0 Å². The molecular formula is C6H12S. The van der Waals surface area contributed by atoms with Crippen molar-refractivity contribution in [1.29, 1.82) is 0 Å². The van der Waals surface area contributed by atoms with Gasteiger partial charge in [-0.05, 0) is 18.3 Å². The highest BCUT2D eigenvalue weighted by Gasteiger charge is 2.40. The normalized spacial score (nSPS) is 29.6. The van der Waals surface area contributed by atoms with Crippen LogP contribution in [0.1, 0.15) is 26.7 Å². The highest BCUT2D eigenvalue weighted by atomic mass is 32.1. The number of hydrogen-bond donors (Lipinski definition) is 1. The average molecular weight is 116 g/mol. The fraction of sp³-hybridized carbons (Fsp3) is 1.00. The third-order valence-corrected chi connectivity index (χ3v) is 2.67. The van der Waals surface area contributed by atoms with Gasteiger partial charge >= 0.3 is 0 Å². The van der Waals surface area contributed by atoms with Gasteiger partial charge in [-0.3, -0.25) is 0 Å². The van der Waals surface area contributed by atoms with E-state index in [1.165, 1.54) is 12.8 Å². The molecule has 7 heavy (non-hydrogen) atoms. The van der Waals surface area contributed by atoms with Gasteiger partial charge in [0, 0.05) is 5.25 Å². The molecule has 0 aromatic rings. The zero-order valence-electron chi connectivity index (χ0n) is 4.94. The molecule has 0 amide bonds. The molecule has 0 aromatic heterocycles. The smallest absolute Gasteiger partial charge is 0.00423 e. The standard InChI is InChI=1S/C6H12S/c1-5(7)6(2)3-4-6/h5,7H,3-4H2,1-2H3. The summed E-state index contributed by atoms with van der Waals surface area (Å²) in [5.74, 6) is 0. The summed E-state index contributed by atoms with van der Waals surface area (Å²) in [6, 6.07) is 0. The van der Waals surface area contributed by atoms with Crippen LogP contribution < -0.4 is 0 Å². The van der Waals surface area contributed by atoms with Gasteiger partial charge in [-0.2, -0.15) is 12.6 Å². The zero-order valence-corrected chi connectivity index (χ0v) is 5.83. The van der Waals surface area contributed by atoms with Crippen molar-refractivity contribution in [3.8, 4) is 0 Å². The molecule has 1 fully saturated rings. The first-order valence-corrected chi connectivity index (χ1v) is 3.35. The van der Waals surface area contributed by atoms with Crippen LogP contribution in [0.3, 0.4) is 0 Å². The summed E-state index contributed by atoms with van der Waals surface area (Å²) in [5, 5.41) is 0.604. The minimum atomic E-state index is 0.604. The Labute approximate surface area is 50.7 Å². The predicted molar refractivity (Wildman–Crippen MR) is 35.8 cm³/mol. The molecule has 42 valence electrons. The molecule has 1 aliphatic carbocycles. The topological polar surface area (TPSA) is 0 Å². The van der Waals surface area contributed by atoms with E-state index in [-0.39, 0.29) is 0 Å². The fourth-order valence-corrected chi connectivity index (χ4v) is 0.873. The maximum Gasteiger partial charge on any atom is 0.00423 e. The molecule has 0 radical (unpaired) electrons. The van der Waals surface area contributed by atoms with Crippen molar-refractivity contribution in [3.63, 3.8) is 0 Å². The van der Waals surface area contributed by atoms with Crippen molar-refractivity contribution in [2.24, 2.45) is 5.41 Å². The Morgan fingerprint density at radius 2 is 2.00 bits per heavy atom. The van der Waals surface area contributed by atoms with E-state index in [1.54, 1.807) is 0 Å². The second-order valence-electron chi connectivity index (χ2n) is 2.83. The second kappa shape index (κ2) is 1.41. The van der Waals surface area contributed by atoms with Crippen LogP contribution in [0.2, 0.25) is 0 Å². The van der Waals surface area contributed by atoms with E-state index in [1.807, 2.05) is 0 Å². The molecular weight excluding hydrogens is 104 g/mol. The van der Waals surface area contributed by atoms with Crippen LogP contribution in [0.5, 0.6) is 0 Å². The van der Waals surface area contributed by atoms with Gasteiger partial charge < -0.3 is 0 Å². The van der Waals surface area contributed by atoms with Crippen LogP contribution >= 0.6 is 12.6 Å². The summed E-state index contributed by atoms with van der Waals surface area (Å²) in [5.41, 5.74) is 0.614. The maximum absolute atomic E-state index is 4.34. The molecule has 0 N–H and O–H groups in total. The highest BCUT2D eigenvalue weighted by molar-refractivity contribution is 7.81. The molecule has 1 saturated carbocycles. The lowest BCUT2D eigenvalue weighted by Crippen LogP contribution is -2.05. The summed E-state index contributed by atoms with van der Waals surface area (Å²) in [4.78, 5) is 0. The van der Waals surface area contributed by atoms with Crippen molar-refractivity contribution < 1.29 is 0 Å². The van der Waals surface area contributed by atoms with E-state index in [9.17, 15) is 0 Å². The molecule has 0 aromatic carbocycles. The highest BCUT2D eigenvalue weighted by Crippen LogP contribution is 2.49. The Bertz CT molecular complexity index is 72.2. The molecule has 1 aliphatic rings. The van der Waals surface area contributed by atoms with E-state index in [4.69, 9.17) is 0 Å². The van der Waals surface area contributed by atoms with Gasteiger partial charge in [-0.25, -0.2) is 0 Å². The summed E-state index contributed by atoms with van der Waals surface area (Å²) in [7, 11) is 0. The fourth-order valence-electron chi connectivity index (χ4n) is 0.615. The lowest BCUT2D eigenvalue weighted by atomic mass is 10.1. The first-order chi connectivity index (χ1) is 3.15. The van der Waals surface area contributed by atoms with Crippen LogP contribution in [0.25, 0.3) is 0 Å². The molecule has 0 bridgehead atoms. The summed E-state index contributed by atoms with van der Waals surface area (Å²) in [6.07, 6.45) is 2.77. The van der Waals surface area contributed by atoms with Crippen molar-refractivity contribution in [2.75, 3.05) is 0 Å². The summed E-state index contributed by atoms with van der Waals surface area (Å²) < 4.78 is 0. The molecule has 0 aliphatic heterocycles. The van der Waals surface area contributed by atoms with E-state index < -0.39 is 0 Å². The minimum absolute atomic E-state index is 0.604. The van der Waals surface area contributed by atoms with Gasteiger partial charge in [0.05, 0.1) is 0 Å². The first kappa shape index (κ1) is 5.49. The Hall–Kier alpha value is 0.350. The first-order valence-electron chi connectivity index (χ1n) is 2.83. The van der Waals surface area contributed by atoms with Crippen LogP contribution in [-0.2, 0) is 0 Å². The molecule has 0 heterocycles. The molecule has 1 rings (SSSR count). The molecule has 0 spiro atoms. The Morgan fingerprint density at radius 3 is 2.00 bits per heavy atom. The Morgan fingerprint density at radius 1 is 1.57 bits per heavy atom. The number of rotatable bonds is 1.